The van der Waals surface area contributed by atoms with Gasteiger partial charge >= 0.3 is 0 Å². The first-order valence-corrected chi connectivity index (χ1v) is 12.5. The van der Waals surface area contributed by atoms with Crippen molar-refractivity contribution in [3.8, 4) is 0 Å². The zero-order chi connectivity index (χ0) is 23.5. The minimum absolute atomic E-state index is 0.0537. The number of ether oxygens (including phenoxy) is 2. The van der Waals surface area contributed by atoms with E-state index in [0.29, 0.717) is 13.1 Å². The summed E-state index contributed by atoms with van der Waals surface area (Å²) in [6, 6.07) is 20.0. The van der Waals surface area contributed by atoms with Crippen LogP contribution in [0.15, 0.2) is 60.7 Å². The maximum atomic E-state index is 15.3. The molecule has 0 amide bonds. The second-order valence-electron chi connectivity index (χ2n) is 8.20. The summed E-state index contributed by atoms with van der Waals surface area (Å²) in [5.41, 5.74) is 1.25. The molecule has 2 aromatic carbocycles. The first kappa shape index (κ1) is 26.4. The molecule has 2 aromatic rings. The second-order valence-corrected chi connectivity index (χ2v) is 9.84. The van der Waals surface area contributed by atoms with Crippen molar-refractivity contribution in [2.75, 3.05) is 39.2 Å². The van der Waals surface area contributed by atoms with Gasteiger partial charge in [0.05, 0.1) is 38.3 Å². The smallest absolute Gasteiger partial charge is 0.264 e. The first-order valence-electron chi connectivity index (χ1n) is 10.7. The van der Waals surface area contributed by atoms with Gasteiger partial charge in [-0.3, -0.25) is 9.08 Å². The summed E-state index contributed by atoms with van der Waals surface area (Å²) in [5, 5.41) is 0. The van der Waals surface area contributed by atoms with Crippen LogP contribution in [0.5, 0.6) is 0 Å². The summed E-state index contributed by atoms with van der Waals surface area (Å²) in [6.07, 6.45) is -0.234. The molecule has 178 valence electrons. The van der Waals surface area contributed by atoms with Gasteiger partial charge in [-0.05, 0) is 25.0 Å². The van der Waals surface area contributed by atoms with Crippen molar-refractivity contribution in [2.45, 2.75) is 38.7 Å². The third-order valence-corrected chi connectivity index (χ3v) is 5.49. The van der Waals surface area contributed by atoms with Crippen LogP contribution in [0, 0.1) is 0 Å². The van der Waals surface area contributed by atoms with Crippen LogP contribution in [0.2, 0.25) is 0 Å². The molecule has 0 N–H and O–H groups in total. The number of rotatable bonds is 15. The van der Waals surface area contributed by atoms with Crippen molar-refractivity contribution in [3.63, 3.8) is 0 Å². The highest BCUT2D eigenvalue weighted by Gasteiger charge is 2.32. The van der Waals surface area contributed by atoms with Crippen molar-refractivity contribution in [1.82, 2.24) is 4.90 Å². The van der Waals surface area contributed by atoms with Gasteiger partial charge < -0.3 is 9.47 Å². The SMILES string of the molecule is CC(C)(OCCOCCOS(C)(=O)=O)C(F)CN(Cc1ccccc1)Cc1ccccc1. The molecule has 0 fully saturated rings. The topological polar surface area (TPSA) is 65.1 Å². The Bertz CT molecular complexity index is 836. The molecule has 1 atom stereocenters. The van der Waals surface area contributed by atoms with Gasteiger partial charge in [0, 0.05) is 19.6 Å². The van der Waals surface area contributed by atoms with Crippen LogP contribution in [0.1, 0.15) is 25.0 Å². The Morgan fingerprint density at radius 1 is 0.875 bits per heavy atom. The number of halogens is 1. The van der Waals surface area contributed by atoms with Crippen LogP contribution in [-0.2, 0) is 36.9 Å². The number of alkyl halides is 1. The van der Waals surface area contributed by atoms with E-state index < -0.39 is 21.9 Å². The fourth-order valence-electron chi connectivity index (χ4n) is 3.12. The molecule has 0 aromatic heterocycles. The number of nitrogens with zero attached hydrogens (tertiary/aromatic N) is 1. The Morgan fingerprint density at radius 3 is 1.88 bits per heavy atom. The zero-order valence-electron chi connectivity index (χ0n) is 19.1. The normalized spacial score (nSPS) is 13.4. The average Bonchev–Trinajstić information content (AvgIpc) is 2.73. The van der Waals surface area contributed by atoms with Crippen molar-refractivity contribution in [2.24, 2.45) is 0 Å². The predicted molar refractivity (Wildman–Crippen MR) is 124 cm³/mol. The van der Waals surface area contributed by atoms with E-state index in [9.17, 15) is 8.42 Å². The fraction of sp³-hybridized carbons (Fsp3) is 0.500. The predicted octanol–water partition coefficient (Wildman–Crippen LogP) is 3.81. The highest BCUT2D eigenvalue weighted by atomic mass is 32.2. The Morgan fingerprint density at radius 2 is 1.38 bits per heavy atom. The lowest BCUT2D eigenvalue weighted by molar-refractivity contribution is -0.0957. The van der Waals surface area contributed by atoms with Gasteiger partial charge in [0.1, 0.15) is 6.17 Å². The quantitative estimate of drug-likeness (QED) is 0.293. The standard InChI is InChI=1S/C24H34FNO5S/c1-24(2,30-16-14-29-15-17-31-32(3,27)28)23(25)20-26(18-21-10-6-4-7-11-21)19-22-12-8-5-9-13-22/h4-13,23H,14-20H2,1-3H3. The third kappa shape index (κ3) is 10.7. The van der Waals surface area contributed by atoms with E-state index in [1.165, 1.54) is 0 Å². The molecule has 2 rings (SSSR count). The summed E-state index contributed by atoms with van der Waals surface area (Å²) in [7, 11) is -3.47. The van der Waals surface area contributed by atoms with Crippen LogP contribution in [0.3, 0.4) is 0 Å². The summed E-state index contributed by atoms with van der Waals surface area (Å²) in [6.45, 7) is 5.44. The second kappa shape index (κ2) is 13.0. The maximum absolute atomic E-state index is 15.3. The summed E-state index contributed by atoms with van der Waals surface area (Å²) >= 11 is 0. The van der Waals surface area contributed by atoms with Crippen molar-refractivity contribution in [3.05, 3.63) is 71.8 Å². The Kier molecular flexibility index (Phi) is 10.7. The van der Waals surface area contributed by atoms with Gasteiger partial charge in [-0.25, -0.2) is 4.39 Å². The third-order valence-electron chi connectivity index (χ3n) is 4.90. The highest BCUT2D eigenvalue weighted by Crippen LogP contribution is 2.21. The van der Waals surface area contributed by atoms with E-state index in [-0.39, 0.29) is 33.0 Å². The summed E-state index contributed by atoms with van der Waals surface area (Å²) in [5.74, 6) is 0. The summed E-state index contributed by atoms with van der Waals surface area (Å²) in [4.78, 5) is 2.08. The van der Waals surface area contributed by atoms with Gasteiger partial charge in [0.25, 0.3) is 10.1 Å². The van der Waals surface area contributed by atoms with E-state index in [1.54, 1.807) is 13.8 Å². The van der Waals surface area contributed by atoms with E-state index in [1.807, 2.05) is 60.7 Å². The fourth-order valence-corrected chi connectivity index (χ4v) is 3.49. The monoisotopic (exact) mass is 467 g/mol. The van der Waals surface area contributed by atoms with Crippen molar-refractivity contribution < 1.29 is 26.5 Å². The molecular weight excluding hydrogens is 433 g/mol. The first-order chi connectivity index (χ1) is 15.2. The van der Waals surface area contributed by atoms with Crippen LogP contribution >= 0.6 is 0 Å². The zero-order valence-corrected chi connectivity index (χ0v) is 19.9. The molecule has 0 saturated heterocycles. The lowest BCUT2D eigenvalue weighted by Crippen LogP contribution is -2.44. The molecule has 0 heterocycles. The van der Waals surface area contributed by atoms with E-state index in [4.69, 9.17) is 9.47 Å². The largest absolute Gasteiger partial charge is 0.377 e. The lowest BCUT2D eigenvalue weighted by atomic mass is 10.0. The van der Waals surface area contributed by atoms with Crippen LogP contribution < -0.4 is 0 Å². The number of benzene rings is 2. The molecule has 6 nitrogen and oxygen atoms in total. The van der Waals surface area contributed by atoms with Gasteiger partial charge in [-0.2, -0.15) is 8.42 Å². The van der Waals surface area contributed by atoms with Crippen LogP contribution in [0.4, 0.5) is 4.39 Å². The molecule has 0 aliphatic heterocycles. The van der Waals surface area contributed by atoms with Crippen molar-refractivity contribution in [1.29, 1.82) is 0 Å². The Hall–Kier alpha value is -1.84. The van der Waals surface area contributed by atoms with Gasteiger partial charge in [0.2, 0.25) is 0 Å². The molecule has 32 heavy (non-hydrogen) atoms. The van der Waals surface area contributed by atoms with Gasteiger partial charge in [0.15, 0.2) is 0 Å². The van der Waals surface area contributed by atoms with Gasteiger partial charge in [-0.1, -0.05) is 60.7 Å². The molecule has 1 unspecified atom stereocenters. The van der Waals surface area contributed by atoms with Crippen molar-refractivity contribution >= 4 is 10.1 Å². The van der Waals surface area contributed by atoms with Crippen LogP contribution in [-0.4, -0.2) is 64.3 Å². The molecule has 0 spiro atoms. The minimum atomic E-state index is -3.47. The Balaban J connectivity index is 1.85. The average molecular weight is 468 g/mol. The van der Waals surface area contributed by atoms with Gasteiger partial charge in [-0.15, -0.1) is 0 Å². The summed E-state index contributed by atoms with van der Waals surface area (Å²) < 4.78 is 52.7. The molecular formula is C24H34FNO5S. The molecule has 0 radical (unpaired) electrons. The molecule has 8 heteroatoms. The van der Waals surface area contributed by atoms with E-state index >= 15 is 4.39 Å². The molecule has 0 aliphatic carbocycles. The lowest BCUT2D eigenvalue weighted by Gasteiger charge is -2.33. The molecule has 0 bridgehead atoms. The van der Waals surface area contributed by atoms with E-state index in [0.717, 1.165) is 17.4 Å². The van der Waals surface area contributed by atoms with Crippen LogP contribution in [0.25, 0.3) is 0 Å². The molecule has 0 aliphatic rings. The minimum Gasteiger partial charge on any atom is -0.377 e. The Labute approximate surface area is 191 Å². The highest BCUT2D eigenvalue weighted by molar-refractivity contribution is 7.85. The van der Waals surface area contributed by atoms with E-state index in [2.05, 4.69) is 9.08 Å². The number of hydrogen-bond donors (Lipinski definition) is 0. The number of hydrogen-bond acceptors (Lipinski definition) is 6. The molecule has 0 saturated carbocycles. The maximum Gasteiger partial charge on any atom is 0.264 e.